The zero-order valence-electron chi connectivity index (χ0n) is 18.7. The molecule has 0 aliphatic heterocycles. The number of hydrogen-bond acceptors (Lipinski definition) is 7. The lowest BCUT2D eigenvalue weighted by atomic mass is 10.2. The van der Waals surface area contributed by atoms with Gasteiger partial charge in [-0.1, -0.05) is 12.1 Å². The normalized spacial score (nSPS) is 12.8. The molecule has 0 fully saturated rings. The van der Waals surface area contributed by atoms with Gasteiger partial charge < -0.3 is 20.1 Å². The van der Waals surface area contributed by atoms with Crippen LogP contribution in [0.5, 0.6) is 0 Å². The van der Waals surface area contributed by atoms with Crippen LogP contribution in [0.1, 0.15) is 32.8 Å². The fourth-order valence-electron chi connectivity index (χ4n) is 2.41. The van der Waals surface area contributed by atoms with Crippen molar-refractivity contribution in [3.05, 3.63) is 29.8 Å². The molecular weight excluding hydrogens is 442 g/mol. The first-order chi connectivity index (χ1) is 14.5. The number of ether oxygens (including phenoxy) is 2. The Hall–Kier alpha value is -1.82. The average molecular weight is 476 g/mol. The summed E-state index contributed by atoms with van der Waals surface area (Å²) in [6, 6.07) is 5.47. The summed E-state index contributed by atoms with van der Waals surface area (Å²) in [6.07, 6.45) is 1.72. The monoisotopic (exact) mass is 475 g/mol. The van der Waals surface area contributed by atoms with Gasteiger partial charge in [0.2, 0.25) is 15.9 Å². The number of amides is 2. The second kappa shape index (κ2) is 12.9. The van der Waals surface area contributed by atoms with Crippen molar-refractivity contribution in [2.45, 2.75) is 50.3 Å². The Kier molecular flexibility index (Phi) is 11.3. The van der Waals surface area contributed by atoms with E-state index in [1.807, 2.05) is 6.26 Å². The zero-order chi connectivity index (χ0) is 23.5. The zero-order valence-corrected chi connectivity index (χ0v) is 20.3. The molecule has 0 bridgehead atoms. The van der Waals surface area contributed by atoms with E-state index in [-0.39, 0.29) is 30.5 Å². The Morgan fingerprint density at radius 3 is 2.35 bits per heavy atom. The summed E-state index contributed by atoms with van der Waals surface area (Å²) in [4.78, 5) is 24.8. The van der Waals surface area contributed by atoms with Crippen molar-refractivity contribution in [3.8, 4) is 0 Å². The van der Waals surface area contributed by atoms with Crippen LogP contribution in [0.3, 0.4) is 0 Å². The largest absolute Gasteiger partial charge is 0.444 e. The van der Waals surface area contributed by atoms with Gasteiger partial charge in [0.1, 0.15) is 11.6 Å². The fourth-order valence-corrected chi connectivity index (χ4v) is 3.90. The summed E-state index contributed by atoms with van der Waals surface area (Å²) in [5.74, 6) is 0.356. The van der Waals surface area contributed by atoms with E-state index in [1.165, 1.54) is 19.2 Å². The molecule has 0 aliphatic rings. The summed E-state index contributed by atoms with van der Waals surface area (Å²) < 4.78 is 36.9. The van der Waals surface area contributed by atoms with Crippen molar-refractivity contribution in [1.82, 2.24) is 15.4 Å². The number of thioether (sulfide) groups is 1. The van der Waals surface area contributed by atoms with Crippen molar-refractivity contribution in [2.75, 3.05) is 32.3 Å². The number of methoxy groups -OCH3 is 1. The maximum absolute atomic E-state index is 12.6. The minimum absolute atomic E-state index is 0.128. The molecule has 0 saturated carbocycles. The summed E-state index contributed by atoms with van der Waals surface area (Å²) in [5.41, 5.74) is 0.0653. The molecular formula is C20H33N3O6S2. The molecule has 1 atom stereocenters. The SMILES string of the molecule is COCCNS(=O)(=O)c1ccc(CNC(=O)C(CCSC)NC(=O)OC(C)(C)C)cc1. The van der Waals surface area contributed by atoms with Gasteiger partial charge in [0.05, 0.1) is 11.5 Å². The maximum Gasteiger partial charge on any atom is 0.408 e. The predicted octanol–water partition coefficient (Wildman–Crippen LogP) is 1.87. The third kappa shape index (κ3) is 10.9. The molecule has 0 saturated heterocycles. The first-order valence-corrected chi connectivity index (χ1v) is 12.7. The number of nitrogens with one attached hydrogen (secondary N) is 3. The third-order valence-electron chi connectivity index (χ3n) is 3.92. The molecule has 1 aromatic carbocycles. The molecule has 11 heteroatoms. The molecule has 2 amide bonds. The number of rotatable bonds is 12. The first kappa shape index (κ1) is 27.2. The highest BCUT2D eigenvalue weighted by Crippen LogP contribution is 2.11. The summed E-state index contributed by atoms with van der Waals surface area (Å²) in [5, 5.41) is 5.39. The van der Waals surface area contributed by atoms with Crippen LogP contribution < -0.4 is 15.4 Å². The van der Waals surface area contributed by atoms with Gasteiger partial charge in [-0.15, -0.1) is 0 Å². The van der Waals surface area contributed by atoms with Crippen molar-refractivity contribution >= 4 is 33.8 Å². The van der Waals surface area contributed by atoms with Crippen LogP contribution in [0.15, 0.2) is 29.2 Å². The van der Waals surface area contributed by atoms with Crippen molar-refractivity contribution in [2.24, 2.45) is 0 Å². The number of benzene rings is 1. The van der Waals surface area contributed by atoms with E-state index >= 15 is 0 Å². The summed E-state index contributed by atoms with van der Waals surface area (Å²) in [7, 11) is -2.12. The van der Waals surface area contributed by atoms with Crippen LogP contribution in [0, 0.1) is 0 Å². The highest BCUT2D eigenvalue weighted by atomic mass is 32.2. The molecule has 0 heterocycles. The van der Waals surface area contributed by atoms with E-state index in [0.717, 1.165) is 5.56 Å². The molecule has 1 unspecified atom stereocenters. The van der Waals surface area contributed by atoms with Crippen LogP contribution in [0.2, 0.25) is 0 Å². The standard InChI is InChI=1S/C20H33N3O6S2/c1-20(2,3)29-19(25)23-17(10-13-30-5)18(24)21-14-15-6-8-16(9-7-15)31(26,27)22-11-12-28-4/h6-9,17,22H,10-14H2,1-5H3,(H,21,24)(H,23,25). The molecule has 1 rings (SSSR count). The molecule has 0 aliphatic carbocycles. The average Bonchev–Trinajstić information content (AvgIpc) is 2.68. The van der Waals surface area contributed by atoms with E-state index in [9.17, 15) is 18.0 Å². The van der Waals surface area contributed by atoms with Gasteiger partial charge >= 0.3 is 6.09 Å². The molecule has 0 spiro atoms. The second-order valence-corrected chi connectivity index (χ2v) is 10.5. The molecule has 3 N–H and O–H groups in total. The van der Waals surface area contributed by atoms with Crippen molar-refractivity contribution < 1.29 is 27.5 Å². The van der Waals surface area contributed by atoms with Crippen LogP contribution in [0.4, 0.5) is 4.79 Å². The number of carbonyl (C=O) groups is 2. The summed E-state index contributed by atoms with van der Waals surface area (Å²) in [6.45, 7) is 5.90. The van der Waals surface area contributed by atoms with Crippen LogP contribution >= 0.6 is 11.8 Å². The van der Waals surface area contributed by atoms with Crippen LogP contribution in [0.25, 0.3) is 0 Å². The summed E-state index contributed by atoms with van der Waals surface area (Å²) >= 11 is 1.57. The number of hydrogen-bond donors (Lipinski definition) is 3. The van der Waals surface area contributed by atoms with E-state index in [1.54, 1.807) is 44.7 Å². The minimum Gasteiger partial charge on any atom is -0.444 e. The smallest absolute Gasteiger partial charge is 0.408 e. The van der Waals surface area contributed by atoms with Crippen LogP contribution in [-0.4, -0.2) is 64.3 Å². The Morgan fingerprint density at radius 1 is 1.16 bits per heavy atom. The molecule has 176 valence electrons. The van der Waals surface area contributed by atoms with Crippen LogP contribution in [-0.2, 0) is 30.8 Å². The number of alkyl carbamates (subject to hydrolysis) is 1. The molecule has 9 nitrogen and oxygen atoms in total. The van der Waals surface area contributed by atoms with Gasteiger partial charge in [0.25, 0.3) is 0 Å². The van der Waals surface area contributed by atoms with Gasteiger partial charge in [-0.2, -0.15) is 11.8 Å². The van der Waals surface area contributed by atoms with Gasteiger partial charge in [-0.3, -0.25) is 4.79 Å². The topological polar surface area (TPSA) is 123 Å². The van der Waals surface area contributed by atoms with Gasteiger partial charge in [-0.05, 0) is 56.9 Å². The highest BCUT2D eigenvalue weighted by Gasteiger charge is 2.24. The third-order valence-corrected chi connectivity index (χ3v) is 6.04. The van der Waals surface area contributed by atoms with E-state index in [0.29, 0.717) is 12.2 Å². The van der Waals surface area contributed by atoms with Crippen molar-refractivity contribution in [3.63, 3.8) is 0 Å². The lowest BCUT2D eigenvalue weighted by Gasteiger charge is -2.23. The fraction of sp³-hybridized carbons (Fsp3) is 0.600. The first-order valence-electron chi connectivity index (χ1n) is 9.82. The molecule has 31 heavy (non-hydrogen) atoms. The second-order valence-electron chi connectivity index (χ2n) is 7.73. The van der Waals surface area contributed by atoms with E-state index in [2.05, 4.69) is 15.4 Å². The van der Waals surface area contributed by atoms with Crippen molar-refractivity contribution in [1.29, 1.82) is 0 Å². The maximum atomic E-state index is 12.6. The lowest BCUT2D eigenvalue weighted by Crippen LogP contribution is -2.48. The Balaban J connectivity index is 2.69. The highest BCUT2D eigenvalue weighted by molar-refractivity contribution is 7.98. The molecule has 1 aromatic rings. The number of sulfonamides is 1. The Morgan fingerprint density at radius 2 is 1.81 bits per heavy atom. The van der Waals surface area contributed by atoms with Gasteiger partial charge in [-0.25, -0.2) is 17.9 Å². The lowest BCUT2D eigenvalue weighted by molar-refractivity contribution is -0.123. The van der Waals surface area contributed by atoms with E-state index in [4.69, 9.17) is 9.47 Å². The predicted molar refractivity (Wildman–Crippen MR) is 122 cm³/mol. The molecule has 0 radical (unpaired) electrons. The quantitative estimate of drug-likeness (QED) is 0.394. The number of carbonyl (C=O) groups excluding carboxylic acids is 2. The van der Waals surface area contributed by atoms with Gasteiger partial charge in [0, 0.05) is 20.2 Å². The van der Waals surface area contributed by atoms with E-state index < -0.39 is 27.8 Å². The Bertz CT molecular complexity index is 807. The Labute approximate surface area is 189 Å². The van der Waals surface area contributed by atoms with Gasteiger partial charge in [0.15, 0.2) is 0 Å². The minimum atomic E-state index is -3.61. The molecule has 0 aromatic heterocycles.